The molecule has 45 heavy (non-hydrogen) atoms. The summed E-state index contributed by atoms with van der Waals surface area (Å²) in [6.07, 6.45) is 0. The molecule has 0 amide bonds. The molecule has 10 rings (SSSR count). The summed E-state index contributed by atoms with van der Waals surface area (Å²) in [7, 11) is 0. The molecule has 0 atom stereocenters. The van der Waals surface area contributed by atoms with Crippen molar-refractivity contribution in [1.82, 2.24) is 9.13 Å². The van der Waals surface area contributed by atoms with Crippen LogP contribution in [-0.4, -0.2) is 9.13 Å². The Hall–Kier alpha value is -5.60. The minimum Gasteiger partial charge on any atom is -0.307 e. The van der Waals surface area contributed by atoms with Crippen LogP contribution in [0, 0.1) is 0 Å². The van der Waals surface area contributed by atoms with Crippen LogP contribution in [0.25, 0.3) is 76.9 Å². The average molecular weight is 575 g/mol. The highest BCUT2D eigenvalue weighted by molar-refractivity contribution is 6.16. The SMILES string of the molecule is CC1(C)c2cc3c4ccccc4n(-c4cccc5c6ccccc6n(-c6ccccc6)c45)c3cc2-c2ccc3ccccc3c21. The molecule has 2 aromatic heterocycles. The summed E-state index contributed by atoms with van der Waals surface area (Å²) in [6, 6.07) is 53.7. The third kappa shape index (κ3) is 3.18. The second kappa shape index (κ2) is 8.74. The van der Waals surface area contributed by atoms with E-state index in [0.29, 0.717) is 0 Å². The molecule has 9 aromatic rings. The lowest BCUT2D eigenvalue weighted by atomic mass is 9.80. The topological polar surface area (TPSA) is 9.86 Å². The number of nitrogens with zero attached hydrogens (tertiary/aromatic N) is 2. The summed E-state index contributed by atoms with van der Waals surface area (Å²) >= 11 is 0. The fraction of sp³-hybridized carbons (Fsp3) is 0.0698. The van der Waals surface area contributed by atoms with Crippen molar-refractivity contribution in [3.63, 3.8) is 0 Å². The Morgan fingerprint density at radius 2 is 1.09 bits per heavy atom. The fourth-order valence-corrected chi connectivity index (χ4v) is 8.34. The molecule has 0 aliphatic heterocycles. The molecule has 0 bridgehead atoms. The molecule has 7 aromatic carbocycles. The fourth-order valence-electron chi connectivity index (χ4n) is 8.34. The van der Waals surface area contributed by atoms with Gasteiger partial charge in [0.05, 0.1) is 27.8 Å². The van der Waals surface area contributed by atoms with Crippen molar-refractivity contribution < 1.29 is 0 Å². The molecule has 0 unspecified atom stereocenters. The van der Waals surface area contributed by atoms with E-state index in [0.717, 1.165) is 0 Å². The molecule has 0 saturated heterocycles. The second-order valence-electron chi connectivity index (χ2n) is 13.0. The molecule has 2 nitrogen and oxygen atoms in total. The summed E-state index contributed by atoms with van der Waals surface area (Å²) in [5.41, 5.74) is 12.7. The minimum absolute atomic E-state index is 0.108. The number of aromatic nitrogens is 2. The summed E-state index contributed by atoms with van der Waals surface area (Å²) in [4.78, 5) is 0. The smallest absolute Gasteiger partial charge is 0.0782 e. The maximum atomic E-state index is 2.51. The summed E-state index contributed by atoms with van der Waals surface area (Å²) in [5.74, 6) is 0. The van der Waals surface area contributed by atoms with Crippen LogP contribution in [-0.2, 0) is 5.41 Å². The quantitative estimate of drug-likeness (QED) is 0.194. The maximum absolute atomic E-state index is 2.51. The van der Waals surface area contributed by atoms with E-state index < -0.39 is 0 Å². The van der Waals surface area contributed by atoms with Crippen LogP contribution in [0.1, 0.15) is 25.0 Å². The van der Waals surface area contributed by atoms with Gasteiger partial charge in [-0.25, -0.2) is 0 Å². The highest BCUT2D eigenvalue weighted by atomic mass is 15.1. The number of rotatable bonds is 2. The molecule has 1 aliphatic carbocycles. The van der Waals surface area contributed by atoms with Gasteiger partial charge in [0.25, 0.3) is 0 Å². The van der Waals surface area contributed by atoms with Gasteiger partial charge in [0, 0.05) is 32.6 Å². The van der Waals surface area contributed by atoms with Gasteiger partial charge >= 0.3 is 0 Å². The molecule has 2 heterocycles. The first-order valence-electron chi connectivity index (χ1n) is 15.8. The van der Waals surface area contributed by atoms with E-state index in [4.69, 9.17) is 0 Å². The van der Waals surface area contributed by atoms with Crippen LogP contribution in [0.3, 0.4) is 0 Å². The van der Waals surface area contributed by atoms with Crippen molar-refractivity contribution in [3.05, 3.63) is 157 Å². The molecule has 2 heteroatoms. The first-order chi connectivity index (χ1) is 22.1. The third-order valence-electron chi connectivity index (χ3n) is 10.3. The van der Waals surface area contributed by atoms with E-state index in [2.05, 4.69) is 169 Å². The first-order valence-corrected chi connectivity index (χ1v) is 15.8. The molecule has 1 aliphatic rings. The van der Waals surface area contributed by atoms with E-state index in [-0.39, 0.29) is 5.41 Å². The van der Waals surface area contributed by atoms with Crippen molar-refractivity contribution in [2.24, 2.45) is 0 Å². The van der Waals surface area contributed by atoms with Gasteiger partial charge in [-0.15, -0.1) is 0 Å². The van der Waals surface area contributed by atoms with Crippen LogP contribution in [0.5, 0.6) is 0 Å². The lowest BCUT2D eigenvalue weighted by Gasteiger charge is -2.23. The number of para-hydroxylation sites is 4. The Kier molecular flexibility index (Phi) is 4.82. The van der Waals surface area contributed by atoms with Crippen LogP contribution in [0.4, 0.5) is 0 Å². The van der Waals surface area contributed by atoms with Gasteiger partial charge in [-0.1, -0.05) is 117 Å². The number of hydrogen-bond donors (Lipinski definition) is 0. The minimum atomic E-state index is -0.108. The molecule has 0 saturated carbocycles. The van der Waals surface area contributed by atoms with E-state index in [9.17, 15) is 0 Å². The van der Waals surface area contributed by atoms with Gasteiger partial charge in [-0.2, -0.15) is 0 Å². The molecular weight excluding hydrogens is 544 g/mol. The number of fused-ring (bicyclic) bond motifs is 11. The zero-order chi connectivity index (χ0) is 29.9. The second-order valence-corrected chi connectivity index (χ2v) is 13.0. The van der Waals surface area contributed by atoms with Crippen LogP contribution in [0.2, 0.25) is 0 Å². The van der Waals surface area contributed by atoms with Crippen molar-refractivity contribution in [2.45, 2.75) is 19.3 Å². The van der Waals surface area contributed by atoms with E-state index in [1.165, 1.54) is 88.0 Å². The Morgan fingerprint density at radius 1 is 0.444 bits per heavy atom. The third-order valence-corrected chi connectivity index (χ3v) is 10.3. The predicted octanol–water partition coefficient (Wildman–Crippen LogP) is 11.3. The van der Waals surface area contributed by atoms with Crippen LogP contribution < -0.4 is 0 Å². The van der Waals surface area contributed by atoms with E-state index >= 15 is 0 Å². The monoisotopic (exact) mass is 574 g/mol. The predicted molar refractivity (Wildman–Crippen MR) is 190 cm³/mol. The zero-order valence-corrected chi connectivity index (χ0v) is 25.3. The lowest BCUT2D eigenvalue weighted by molar-refractivity contribution is 0.667. The summed E-state index contributed by atoms with van der Waals surface area (Å²) in [5, 5.41) is 7.77. The number of hydrogen-bond acceptors (Lipinski definition) is 0. The van der Waals surface area contributed by atoms with Gasteiger partial charge < -0.3 is 9.13 Å². The van der Waals surface area contributed by atoms with Gasteiger partial charge in [0.2, 0.25) is 0 Å². The Morgan fingerprint density at radius 3 is 1.89 bits per heavy atom. The molecule has 0 N–H and O–H groups in total. The zero-order valence-electron chi connectivity index (χ0n) is 25.3. The molecule has 0 radical (unpaired) electrons. The van der Waals surface area contributed by atoms with E-state index in [1.807, 2.05) is 0 Å². The molecular formula is C43H30N2. The maximum Gasteiger partial charge on any atom is 0.0782 e. The van der Waals surface area contributed by atoms with Crippen LogP contribution in [0.15, 0.2) is 146 Å². The summed E-state index contributed by atoms with van der Waals surface area (Å²) in [6.45, 7) is 4.79. The van der Waals surface area contributed by atoms with Crippen molar-refractivity contribution in [3.8, 4) is 22.5 Å². The van der Waals surface area contributed by atoms with Crippen molar-refractivity contribution in [1.29, 1.82) is 0 Å². The standard InChI is InChI=1S/C43H30N2/c1-43(2)36-25-35-31-18-9-11-21-38(31)45(40(35)26-34(36)32-24-23-27-13-6-7-16-29(27)41(32)43)39-22-12-19-33-30-17-8-10-20-37(30)44(42(33)39)28-14-4-3-5-15-28/h3-26H,1-2H3. The largest absolute Gasteiger partial charge is 0.307 e. The van der Waals surface area contributed by atoms with Crippen molar-refractivity contribution >= 4 is 54.4 Å². The van der Waals surface area contributed by atoms with Crippen molar-refractivity contribution in [2.75, 3.05) is 0 Å². The van der Waals surface area contributed by atoms with Gasteiger partial charge in [0.1, 0.15) is 0 Å². The average Bonchev–Trinajstić information content (AvgIpc) is 3.68. The molecule has 212 valence electrons. The molecule has 0 fully saturated rings. The van der Waals surface area contributed by atoms with E-state index in [1.54, 1.807) is 0 Å². The number of benzene rings is 7. The van der Waals surface area contributed by atoms with Crippen LogP contribution >= 0.6 is 0 Å². The van der Waals surface area contributed by atoms with Gasteiger partial charge in [-0.3, -0.25) is 0 Å². The lowest BCUT2D eigenvalue weighted by Crippen LogP contribution is -2.15. The first kappa shape index (κ1) is 24.8. The Bertz CT molecular complexity index is 2670. The Labute approximate surface area is 261 Å². The summed E-state index contributed by atoms with van der Waals surface area (Å²) < 4.78 is 4.95. The van der Waals surface area contributed by atoms with Gasteiger partial charge in [-0.05, 0) is 75.5 Å². The highest BCUT2D eigenvalue weighted by Gasteiger charge is 2.37. The molecule has 0 spiro atoms. The van der Waals surface area contributed by atoms with Gasteiger partial charge in [0.15, 0.2) is 0 Å². The highest BCUT2D eigenvalue weighted by Crippen LogP contribution is 2.53. The normalized spacial score (nSPS) is 13.7. The Balaban J connectivity index is 1.37.